The van der Waals surface area contributed by atoms with Gasteiger partial charge in [-0.3, -0.25) is 0 Å². The Morgan fingerprint density at radius 2 is 2.19 bits per heavy atom. The van der Waals surface area contributed by atoms with Crippen molar-refractivity contribution in [2.45, 2.75) is 32.6 Å². The monoisotopic (exact) mass is 222 g/mol. The van der Waals surface area contributed by atoms with Gasteiger partial charge in [0.05, 0.1) is 0 Å². The van der Waals surface area contributed by atoms with E-state index in [2.05, 4.69) is 17.2 Å². The van der Waals surface area contributed by atoms with Crippen LogP contribution in [0.5, 0.6) is 0 Å². The average molecular weight is 222 g/mol. The summed E-state index contributed by atoms with van der Waals surface area (Å²) in [6.45, 7) is 3.02. The van der Waals surface area contributed by atoms with Crippen LogP contribution in [0.1, 0.15) is 43.1 Å². The number of carboxylic acids is 1. The van der Waals surface area contributed by atoms with Gasteiger partial charge in [-0.2, -0.15) is 0 Å². The molecule has 1 heterocycles. The van der Waals surface area contributed by atoms with Gasteiger partial charge in [-0.1, -0.05) is 32.3 Å². The molecule has 0 bridgehead atoms. The van der Waals surface area contributed by atoms with Crippen LogP contribution >= 0.6 is 0 Å². The number of carbonyl (C=O) groups is 1. The topological polar surface area (TPSA) is 62.2 Å². The fourth-order valence-electron chi connectivity index (χ4n) is 1.42. The van der Waals surface area contributed by atoms with Crippen molar-refractivity contribution in [3.05, 3.63) is 23.9 Å². The molecule has 2 N–H and O–H groups in total. The second kappa shape index (κ2) is 6.82. The van der Waals surface area contributed by atoms with Crippen LogP contribution in [0.25, 0.3) is 0 Å². The Morgan fingerprint density at radius 1 is 1.38 bits per heavy atom. The first kappa shape index (κ1) is 12.5. The van der Waals surface area contributed by atoms with Crippen LogP contribution < -0.4 is 5.32 Å². The highest BCUT2D eigenvalue weighted by molar-refractivity contribution is 5.85. The Kier molecular flexibility index (Phi) is 5.32. The predicted molar refractivity (Wildman–Crippen MR) is 63.8 cm³/mol. The Bertz CT molecular complexity index is 340. The fraction of sp³-hybridized carbons (Fsp3) is 0.500. The van der Waals surface area contributed by atoms with Gasteiger partial charge in [0.1, 0.15) is 5.82 Å². The SMILES string of the molecule is CCCCCCNc1cccc(C(=O)O)n1. The number of carboxylic acid groups (broad SMARTS) is 1. The molecule has 0 saturated carbocycles. The number of aromatic nitrogens is 1. The lowest BCUT2D eigenvalue weighted by Gasteiger charge is -2.05. The summed E-state index contributed by atoms with van der Waals surface area (Å²) in [4.78, 5) is 14.7. The van der Waals surface area contributed by atoms with Crippen molar-refractivity contribution < 1.29 is 9.90 Å². The third-order valence-corrected chi connectivity index (χ3v) is 2.30. The van der Waals surface area contributed by atoms with Crippen molar-refractivity contribution in [3.8, 4) is 0 Å². The van der Waals surface area contributed by atoms with Gasteiger partial charge in [0, 0.05) is 6.54 Å². The first-order valence-electron chi connectivity index (χ1n) is 5.68. The molecule has 0 radical (unpaired) electrons. The highest BCUT2D eigenvalue weighted by Gasteiger charge is 2.04. The molecule has 1 rings (SSSR count). The molecule has 0 unspecified atom stereocenters. The van der Waals surface area contributed by atoms with Crippen LogP contribution in [0.4, 0.5) is 5.82 Å². The molecule has 0 aromatic carbocycles. The standard InChI is InChI=1S/C12H18N2O2/c1-2-3-4-5-9-13-11-8-6-7-10(14-11)12(15)16/h6-8H,2-5,9H2,1H3,(H,13,14)(H,15,16). The lowest BCUT2D eigenvalue weighted by atomic mass is 10.2. The zero-order chi connectivity index (χ0) is 11.8. The highest BCUT2D eigenvalue weighted by atomic mass is 16.4. The van der Waals surface area contributed by atoms with Crippen molar-refractivity contribution in [3.63, 3.8) is 0 Å². The maximum absolute atomic E-state index is 10.7. The molecule has 4 heteroatoms. The average Bonchev–Trinajstić information content (AvgIpc) is 2.29. The molecule has 0 amide bonds. The van der Waals surface area contributed by atoms with E-state index in [1.54, 1.807) is 12.1 Å². The van der Waals surface area contributed by atoms with E-state index in [0.717, 1.165) is 13.0 Å². The predicted octanol–water partition coefficient (Wildman–Crippen LogP) is 2.77. The summed E-state index contributed by atoms with van der Waals surface area (Å²) in [5.41, 5.74) is 0.0820. The fourth-order valence-corrected chi connectivity index (χ4v) is 1.42. The molecular weight excluding hydrogens is 204 g/mol. The molecule has 88 valence electrons. The Morgan fingerprint density at radius 3 is 2.88 bits per heavy atom. The summed E-state index contributed by atoms with van der Waals surface area (Å²) in [5.74, 6) is -0.356. The second-order valence-electron chi connectivity index (χ2n) is 3.70. The molecule has 1 aromatic heterocycles. The van der Waals surface area contributed by atoms with Crippen molar-refractivity contribution >= 4 is 11.8 Å². The van der Waals surface area contributed by atoms with Gasteiger partial charge in [0.15, 0.2) is 5.69 Å². The van der Waals surface area contributed by atoms with Gasteiger partial charge in [-0.15, -0.1) is 0 Å². The molecule has 4 nitrogen and oxygen atoms in total. The van der Waals surface area contributed by atoms with E-state index in [9.17, 15) is 4.79 Å². The van der Waals surface area contributed by atoms with E-state index in [-0.39, 0.29) is 5.69 Å². The number of unbranched alkanes of at least 4 members (excludes halogenated alkanes) is 3. The number of hydrogen-bond acceptors (Lipinski definition) is 3. The molecule has 0 fully saturated rings. The number of nitrogens with one attached hydrogen (secondary N) is 1. The van der Waals surface area contributed by atoms with E-state index in [4.69, 9.17) is 5.11 Å². The van der Waals surface area contributed by atoms with E-state index in [1.807, 2.05) is 0 Å². The van der Waals surface area contributed by atoms with Gasteiger partial charge >= 0.3 is 5.97 Å². The zero-order valence-electron chi connectivity index (χ0n) is 9.57. The minimum Gasteiger partial charge on any atom is -0.477 e. The Hall–Kier alpha value is -1.58. The summed E-state index contributed by atoms with van der Waals surface area (Å²) in [5, 5.41) is 11.9. The molecule has 0 spiro atoms. The maximum atomic E-state index is 10.7. The molecular formula is C12H18N2O2. The smallest absolute Gasteiger partial charge is 0.354 e. The van der Waals surface area contributed by atoms with Crippen LogP contribution in [-0.4, -0.2) is 22.6 Å². The maximum Gasteiger partial charge on any atom is 0.354 e. The summed E-state index contributed by atoms with van der Waals surface area (Å²) in [7, 11) is 0. The van der Waals surface area contributed by atoms with E-state index in [1.165, 1.54) is 25.3 Å². The molecule has 16 heavy (non-hydrogen) atoms. The van der Waals surface area contributed by atoms with E-state index in [0.29, 0.717) is 5.82 Å². The van der Waals surface area contributed by atoms with Gasteiger partial charge in [0.25, 0.3) is 0 Å². The van der Waals surface area contributed by atoms with Gasteiger partial charge in [0.2, 0.25) is 0 Å². The van der Waals surface area contributed by atoms with Crippen LogP contribution in [0.2, 0.25) is 0 Å². The number of aromatic carboxylic acids is 1. The van der Waals surface area contributed by atoms with Crippen molar-refractivity contribution in [1.29, 1.82) is 0 Å². The first-order valence-corrected chi connectivity index (χ1v) is 5.68. The Labute approximate surface area is 95.7 Å². The number of nitrogens with zero attached hydrogens (tertiary/aromatic N) is 1. The normalized spacial score (nSPS) is 10.1. The first-order chi connectivity index (χ1) is 7.74. The van der Waals surface area contributed by atoms with E-state index >= 15 is 0 Å². The molecule has 1 aromatic rings. The largest absolute Gasteiger partial charge is 0.477 e. The summed E-state index contributed by atoms with van der Waals surface area (Å²) >= 11 is 0. The quantitative estimate of drug-likeness (QED) is 0.696. The van der Waals surface area contributed by atoms with E-state index < -0.39 is 5.97 Å². The highest BCUT2D eigenvalue weighted by Crippen LogP contribution is 2.06. The van der Waals surface area contributed by atoms with Crippen LogP contribution in [0, 0.1) is 0 Å². The van der Waals surface area contributed by atoms with Crippen molar-refractivity contribution in [1.82, 2.24) is 4.98 Å². The second-order valence-corrected chi connectivity index (χ2v) is 3.70. The molecule has 0 aliphatic heterocycles. The summed E-state index contributed by atoms with van der Waals surface area (Å²) in [6, 6.07) is 4.97. The van der Waals surface area contributed by atoms with Gasteiger partial charge in [-0.25, -0.2) is 9.78 Å². The van der Waals surface area contributed by atoms with Gasteiger partial charge < -0.3 is 10.4 Å². The van der Waals surface area contributed by atoms with Crippen LogP contribution in [-0.2, 0) is 0 Å². The summed E-state index contributed by atoms with van der Waals surface area (Å²) in [6.07, 6.45) is 4.74. The zero-order valence-corrected chi connectivity index (χ0v) is 9.57. The third kappa shape index (κ3) is 4.29. The molecule has 0 aliphatic carbocycles. The molecule has 0 saturated heterocycles. The van der Waals surface area contributed by atoms with Crippen LogP contribution in [0.3, 0.4) is 0 Å². The molecule has 0 aliphatic rings. The number of anilines is 1. The van der Waals surface area contributed by atoms with Crippen molar-refractivity contribution in [2.75, 3.05) is 11.9 Å². The van der Waals surface area contributed by atoms with Crippen LogP contribution in [0.15, 0.2) is 18.2 Å². The lowest BCUT2D eigenvalue weighted by molar-refractivity contribution is 0.0690. The Balaban J connectivity index is 2.36. The number of pyridine rings is 1. The van der Waals surface area contributed by atoms with Gasteiger partial charge in [-0.05, 0) is 18.6 Å². The number of hydrogen-bond donors (Lipinski definition) is 2. The number of rotatable bonds is 7. The molecule has 0 atom stereocenters. The third-order valence-electron chi connectivity index (χ3n) is 2.30. The van der Waals surface area contributed by atoms with Crippen molar-refractivity contribution in [2.24, 2.45) is 0 Å². The minimum atomic E-state index is -0.991. The summed E-state index contributed by atoms with van der Waals surface area (Å²) < 4.78 is 0. The minimum absolute atomic E-state index is 0.0820. The lowest BCUT2D eigenvalue weighted by Crippen LogP contribution is -2.06.